The van der Waals surface area contributed by atoms with E-state index in [2.05, 4.69) is 4.98 Å². The number of hydrogen-bond donors (Lipinski definition) is 0. The van der Waals surface area contributed by atoms with E-state index in [1.807, 2.05) is 24.3 Å². The van der Waals surface area contributed by atoms with E-state index in [1.54, 1.807) is 26.6 Å². The Morgan fingerprint density at radius 1 is 1.32 bits per heavy atom. The topological polar surface area (TPSA) is 42.4 Å². The lowest BCUT2D eigenvalue weighted by atomic mass is 10.1. The highest BCUT2D eigenvalue weighted by molar-refractivity contribution is 7.09. The summed E-state index contributed by atoms with van der Waals surface area (Å²) in [5, 5.41) is 2.75. The van der Waals surface area contributed by atoms with Crippen molar-refractivity contribution in [2.75, 3.05) is 21.2 Å². The van der Waals surface area contributed by atoms with Crippen molar-refractivity contribution >= 4 is 17.2 Å². The summed E-state index contributed by atoms with van der Waals surface area (Å²) in [6, 6.07) is 7.87. The molecule has 0 fully saturated rings. The van der Waals surface area contributed by atoms with Gasteiger partial charge >= 0.3 is 0 Å². The minimum Gasteiger partial charge on any atom is -0.497 e. The lowest BCUT2D eigenvalue weighted by molar-refractivity contribution is 0.0822. The van der Waals surface area contributed by atoms with Crippen LogP contribution in [0.3, 0.4) is 0 Å². The highest BCUT2D eigenvalue weighted by atomic mass is 32.1. The molecule has 0 unspecified atom stereocenters. The molecule has 0 aliphatic carbocycles. The first-order chi connectivity index (χ1) is 9.10. The van der Waals surface area contributed by atoms with Crippen molar-refractivity contribution < 1.29 is 9.53 Å². The molecule has 0 bridgehead atoms. The maximum absolute atomic E-state index is 11.7. The zero-order valence-electron chi connectivity index (χ0n) is 11.2. The van der Waals surface area contributed by atoms with E-state index in [4.69, 9.17) is 4.74 Å². The molecular formula is C14H16N2O2S. The van der Waals surface area contributed by atoms with E-state index in [1.165, 1.54) is 16.2 Å². The molecule has 1 aromatic carbocycles. The highest BCUT2D eigenvalue weighted by Crippen LogP contribution is 2.18. The zero-order valence-corrected chi connectivity index (χ0v) is 12.0. The molecule has 4 nitrogen and oxygen atoms in total. The maximum atomic E-state index is 11.7. The second-order valence-electron chi connectivity index (χ2n) is 4.35. The second kappa shape index (κ2) is 5.84. The molecule has 0 spiro atoms. The predicted molar refractivity (Wildman–Crippen MR) is 75.9 cm³/mol. The highest BCUT2D eigenvalue weighted by Gasteiger charge is 2.12. The Hall–Kier alpha value is -1.88. The van der Waals surface area contributed by atoms with Crippen LogP contribution in [-0.4, -0.2) is 37.0 Å². The molecule has 0 aliphatic rings. The molecule has 1 heterocycles. The summed E-state index contributed by atoms with van der Waals surface area (Å²) in [4.78, 5) is 17.6. The molecule has 19 heavy (non-hydrogen) atoms. The number of ether oxygens (including phenoxy) is 1. The van der Waals surface area contributed by atoms with Crippen LogP contribution in [0.25, 0.3) is 0 Å². The third-order valence-electron chi connectivity index (χ3n) is 2.69. The first-order valence-electron chi connectivity index (χ1n) is 5.89. The molecule has 0 aliphatic heterocycles. The fourth-order valence-electron chi connectivity index (χ4n) is 1.64. The SMILES string of the molecule is COc1ccc(Cc2nc(C(=O)N(C)C)cs2)cc1. The Morgan fingerprint density at radius 3 is 2.58 bits per heavy atom. The Labute approximate surface area is 116 Å². The average molecular weight is 276 g/mol. The van der Waals surface area contributed by atoms with Gasteiger partial charge < -0.3 is 9.64 Å². The largest absolute Gasteiger partial charge is 0.497 e. The average Bonchev–Trinajstić information content (AvgIpc) is 2.87. The number of methoxy groups -OCH3 is 1. The summed E-state index contributed by atoms with van der Waals surface area (Å²) >= 11 is 1.51. The predicted octanol–water partition coefficient (Wildman–Crippen LogP) is 2.44. The van der Waals surface area contributed by atoms with Crippen LogP contribution in [0.2, 0.25) is 0 Å². The van der Waals surface area contributed by atoms with Crippen LogP contribution in [0.5, 0.6) is 5.75 Å². The summed E-state index contributed by atoms with van der Waals surface area (Å²) in [7, 11) is 5.10. The molecule has 0 saturated carbocycles. The fourth-order valence-corrected chi connectivity index (χ4v) is 2.44. The number of thiazole rings is 1. The van der Waals surface area contributed by atoms with E-state index in [-0.39, 0.29) is 5.91 Å². The van der Waals surface area contributed by atoms with Crippen LogP contribution < -0.4 is 4.74 Å². The van der Waals surface area contributed by atoms with Crippen LogP contribution in [0.4, 0.5) is 0 Å². The number of nitrogens with zero attached hydrogens (tertiary/aromatic N) is 2. The number of hydrogen-bond acceptors (Lipinski definition) is 4. The Kier molecular flexibility index (Phi) is 4.16. The van der Waals surface area contributed by atoms with Gasteiger partial charge in [0.15, 0.2) is 0 Å². The van der Waals surface area contributed by atoms with Gasteiger partial charge in [-0.15, -0.1) is 11.3 Å². The van der Waals surface area contributed by atoms with Crippen molar-refractivity contribution in [2.24, 2.45) is 0 Å². The van der Waals surface area contributed by atoms with Gasteiger partial charge in [-0.3, -0.25) is 4.79 Å². The molecule has 2 aromatic rings. The van der Waals surface area contributed by atoms with Crippen molar-refractivity contribution in [3.8, 4) is 5.75 Å². The number of carbonyl (C=O) groups is 1. The first-order valence-corrected chi connectivity index (χ1v) is 6.77. The number of amides is 1. The van der Waals surface area contributed by atoms with Crippen LogP contribution in [-0.2, 0) is 6.42 Å². The molecule has 0 atom stereocenters. The minimum absolute atomic E-state index is 0.0581. The molecule has 0 radical (unpaired) electrons. The summed E-state index contributed by atoms with van der Waals surface area (Å²) in [6.45, 7) is 0. The molecule has 0 saturated heterocycles. The molecular weight excluding hydrogens is 260 g/mol. The molecule has 100 valence electrons. The van der Waals surface area contributed by atoms with Crippen LogP contribution in [0, 0.1) is 0 Å². The number of benzene rings is 1. The van der Waals surface area contributed by atoms with E-state index >= 15 is 0 Å². The number of rotatable bonds is 4. The first kappa shape index (κ1) is 13.5. The summed E-state index contributed by atoms with van der Waals surface area (Å²) in [5.41, 5.74) is 1.66. The fraction of sp³-hybridized carbons (Fsp3) is 0.286. The third-order valence-corrected chi connectivity index (χ3v) is 3.54. The quantitative estimate of drug-likeness (QED) is 0.861. The second-order valence-corrected chi connectivity index (χ2v) is 5.29. The van der Waals surface area contributed by atoms with Crippen molar-refractivity contribution in [3.05, 3.63) is 45.9 Å². The zero-order chi connectivity index (χ0) is 13.8. The lowest BCUT2D eigenvalue weighted by Crippen LogP contribution is -2.21. The van der Waals surface area contributed by atoms with Crippen molar-refractivity contribution in [1.82, 2.24) is 9.88 Å². The Bertz CT molecular complexity index is 561. The monoisotopic (exact) mass is 276 g/mol. The van der Waals surface area contributed by atoms with Crippen molar-refractivity contribution in [1.29, 1.82) is 0 Å². The van der Waals surface area contributed by atoms with E-state index in [9.17, 15) is 4.79 Å². The summed E-state index contributed by atoms with van der Waals surface area (Å²) < 4.78 is 5.12. The molecule has 5 heteroatoms. The smallest absolute Gasteiger partial charge is 0.272 e. The molecule has 1 aromatic heterocycles. The van der Waals surface area contributed by atoms with Gasteiger partial charge in [0.25, 0.3) is 5.91 Å². The lowest BCUT2D eigenvalue weighted by Gasteiger charge is -2.06. The molecule has 1 amide bonds. The van der Waals surface area contributed by atoms with Crippen molar-refractivity contribution in [2.45, 2.75) is 6.42 Å². The minimum atomic E-state index is -0.0581. The third kappa shape index (κ3) is 3.32. The van der Waals surface area contributed by atoms with E-state index < -0.39 is 0 Å². The van der Waals surface area contributed by atoms with Crippen LogP contribution >= 0.6 is 11.3 Å². The van der Waals surface area contributed by atoms with Gasteiger partial charge in [0.1, 0.15) is 11.4 Å². The van der Waals surface area contributed by atoms with E-state index in [0.717, 1.165) is 22.7 Å². The van der Waals surface area contributed by atoms with Crippen LogP contribution in [0.1, 0.15) is 21.1 Å². The van der Waals surface area contributed by atoms with Gasteiger partial charge in [0.05, 0.1) is 12.1 Å². The van der Waals surface area contributed by atoms with Gasteiger partial charge in [-0.25, -0.2) is 4.98 Å². The number of carbonyl (C=O) groups excluding carboxylic acids is 1. The summed E-state index contributed by atoms with van der Waals surface area (Å²) in [6.07, 6.45) is 0.732. The molecule has 0 N–H and O–H groups in total. The van der Waals surface area contributed by atoms with Crippen molar-refractivity contribution in [3.63, 3.8) is 0 Å². The molecule has 2 rings (SSSR count). The van der Waals surface area contributed by atoms with Crippen LogP contribution in [0.15, 0.2) is 29.6 Å². The Balaban J connectivity index is 2.09. The number of aromatic nitrogens is 1. The maximum Gasteiger partial charge on any atom is 0.272 e. The Morgan fingerprint density at radius 2 is 2.00 bits per heavy atom. The van der Waals surface area contributed by atoms with E-state index in [0.29, 0.717) is 5.69 Å². The summed E-state index contributed by atoms with van der Waals surface area (Å²) in [5.74, 6) is 0.781. The van der Waals surface area contributed by atoms with Gasteiger partial charge in [-0.05, 0) is 17.7 Å². The van der Waals surface area contributed by atoms with Gasteiger partial charge in [-0.1, -0.05) is 12.1 Å². The standard InChI is InChI=1S/C14H16N2O2S/c1-16(2)14(17)12-9-19-13(15-12)8-10-4-6-11(18-3)7-5-10/h4-7,9H,8H2,1-3H3. The normalized spacial score (nSPS) is 10.3. The van der Waals surface area contributed by atoms with Gasteiger partial charge in [-0.2, -0.15) is 0 Å². The van der Waals surface area contributed by atoms with Gasteiger partial charge in [0.2, 0.25) is 0 Å². The van der Waals surface area contributed by atoms with Gasteiger partial charge in [0, 0.05) is 25.9 Å².